The lowest BCUT2D eigenvalue weighted by Crippen LogP contribution is -2.45. The van der Waals surface area contributed by atoms with Crippen LogP contribution in [0.5, 0.6) is 0 Å². The van der Waals surface area contributed by atoms with E-state index in [9.17, 15) is 14.0 Å². The Morgan fingerprint density at radius 1 is 1.45 bits per heavy atom. The van der Waals surface area contributed by atoms with Gasteiger partial charge in [-0.1, -0.05) is 32.9 Å². The number of amides is 1. The molecule has 1 amide bonds. The van der Waals surface area contributed by atoms with Crippen LogP contribution in [0.3, 0.4) is 0 Å². The second-order valence-corrected chi connectivity index (χ2v) is 6.49. The quantitative estimate of drug-likeness (QED) is 0.860. The molecule has 1 saturated carbocycles. The highest BCUT2D eigenvalue weighted by Crippen LogP contribution is 2.47. The zero-order valence-corrected chi connectivity index (χ0v) is 12.0. The summed E-state index contributed by atoms with van der Waals surface area (Å²) in [6, 6.07) is 5.86. The molecule has 0 heterocycles. The van der Waals surface area contributed by atoms with Gasteiger partial charge in [-0.3, -0.25) is 4.79 Å². The maximum absolute atomic E-state index is 13.2. The van der Waals surface area contributed by atoms with Crippen LogP contribution >= 0.6 is 0 Å². The minimum absolute atomic E-state index is 0.0676. The zero-order chi connectivity index (χ0) is 14.9. The van der Waals surface area contributed by atoms with Crippen LogP contribution in [-0.2, 0) is 9.59 Å². The highest BCUT2D eigenvalue weighted by molar-refractivity contribution is 5.85. The van der Waals surface area contributed by atoms with Crippen LogP contribution in [0.1, 0.15) is 38.7 Å². The molecular formula is C16H20FNO2. The zero-order valence-electron chi connectivity index (χ0n) is 12.0. The van der Waals surface area contributed by atoms with Gasteiger partial charge in [0.2, 0.25) is 5.91 Å². The molecule has 20 heavy (non-hydrogen) atoms. The Morgan fingerprint density at radius 2 is 2.15 bits per heavy atom. The van der Waals surface area contributed by atoms with E-state index in [-0.39, 0.29) is 29.0 Å². The summed E-state index contributed by atoms with van der Waals surface area (Å²) in [6.07, 6.45) is 1.49. The van der Waals surface area contributed by atoms with Crippen LogP contribution in [0.2, 0.25) is 0 Å². The predicted molar refractivity (Wildman–Crippen MR) is 74.7 cm³/mol. The smallest absolute Gasteiger partial charge is 0.224 e. The van der Waals surface area contributed by atoms with Gasteiger partial charge in [0.25, 0.3) is 0 Å². The summed E-state index contributed by atoms with van der Waals surface area (Å²) >= 11 is 0. The van der Waals surface area contributed by atoms with Gasteiger partial charge in [-0.2, -0.15) is 0 Å². The fraction of sp³-hybridized carbons (Fsp3) is 0.500. The molecule has 0 spiro atoms. The van der Waals surface area contributed by atoms with Crippen molar-refractivity contribution >= 4 is 12.2 Å². The molecule has 2 rings (SSSR count). The average molecular weight is 277 g/mol. The summed E-state index contributed by atoms with van der Waals surface area (Å²) in [7, 11) is 0. The standard InChI is InChI=1S/C16H20FNO2/c1-16(2,3)14(9-19)18-15(20)13-8-12(13)10-5-4-6-11(17)7-10/h4-7,9,12-14H,8H2,1-3H3,(H,18,20)/t12?,13-,14-/m1/s1. The van der Waals surface area contributed by atoms with Crippen molar-refractivity contribution in [2.45, 2.75) is 39.2 Å². The summed E-state index contributed by atoms with van der Waals surface area (Å²) < 4.78 is 13.2. The number of nitrogens with one attached hydrogen (secondary N) is 1. The van der Waals surface area contributed by atoms with E-state index in [0.29, 0.717) is 6.42 Å². The average Bonchev–Trinajstić information content (AvgIpc) is 3.14. The Kier molecular flexibility index (Phi) is 3.93. The molecule has 3 nitrogen and oxygen atoms in total. The third kappa shape index (κ3) is 3.24. The van der Waals surface area contributed by atoms with Gasteiger partial charge in [-0.25, -0.2) is 4.39 Å². The number of hydrogen-bond acceptors (Lipinski definition) is 2. The summed E-state index contributed by atoms with van der Waals surface area (Å²) in [4.78, 5) is 23.2. The molecule has 1 aliphatic rings. The molecule has 1 N–H and O–H groups in total. The lowest BCUT2D eigenvalue weighted by Gasteiger charge is -2.26. The van der Waals surface area contributed by atoms with E-state index in [1.165, 1.54) is 12.1 Å². The fourth-order valence-corrected chi connectivity index (χ4v) is 2.31. The number of aldehydes is 1. The molecule has 0 aromatic heterocycles. The normalized spacial score (nSPS) is 23.0. The predicted octanol–water partition coefficient (Wildman–Crippen LogP) is 2.66. The first-order valence-electron chi connectivity index (χ1n) is 6.84. The second kappa shape index (κ2) is 5.35. The van der Waals surface area contributed by atoms with E-state index in [4.69, 9.17) is 0 Å². The lowest BCUT2D eigenvalue weighted by atomic mass is 9.87. The number of benzene rings is 1. The van der Waals surface area contributed by atoms with Crippen molar-refractivity contribution in [1.29, 1.82) is 0 Å². The van der Waals surface area contributed by atoms with Crippen molar-refractivity contribution in [3.63, 3.8) is 0 Å². The summed E-state index contributed by atoms with van der Waals surface area (Å²) in [6.45, 7) is 5.72. The first-order chi connectivity index (χ1) is 9.32. The van der Waals surface area contributed by atoms with E-state index < -0.39 is 6.04 Å². The second-order valence-electron chi connectivity index (χ2n) is 6.49. The van der Waals surface area contributed by atoms with Crippen molar-refractivity contribution < 1.29 is 14.0 Å². The Morgan fingerprint density at radius 3 is 2.70 bits per heavy atom. The lowest BCUT2D eigenvalue weighted by molar-refractivity contribution is -0.126. The number of hydrogen-bond donors (Lipinski definition) is 1. The number of carbonyl (C=O) groups excluding carboxylic acids is 2. The molecular weight excluding hydrogens is 257 g/mol. The number of rotatable bonds is 4. The van der Waals surface area contributed by atoms with Crippen LogP contribution in [0.25, 0.3) is 0 Å². The molecule has 0 aliphatic heterocycles. The molecule has 0 radical (unpaired) electrons. The molecule has 1 aromatic rings. The van der Waals surface area contributed by atoms with E-state index in [1.54, 1.807) is 6.07 Å². The van der Waals surface area contributed by atoms with Crippen LogP contribution < -0.4 is 5.32 Å². The van der Waals surface area contributed by atoms with Crippen molar-refractivity contribution in [2.24, 2.45) is 11.3 Å². The molecule has 1 aromatic carbocycles. The highest BCUT2D eigenvalue weighted by atomic mass is 19.1. The summed E-state index contributed by atoms with van der Waals surface area (Å²) in [5.74, 6) is -0.486. The van der Waals surface area contributed by atoms with Gasteiger partial charge >= 0.3 is 0 Å². The van der Waals surface area contributed by atoms with E-state index in [1.807, 2.05) is 26.8 Å². The Balaban J connectivity index is 1.98. The Bertz CT molecular complexity index is 521. The van der Waals surface area contributed by atoms with E-state index >= 15 is 0 Å². The number of halogens is 1. The van der Waals surface area contributed by atoms with Gasteiger partial charge in [0, 0.05) is 5.92 Å². The fourth-order valence-electron chi connectivity index (χ4n) is 2.31. The van der Waals surface area contributed by atoms with Crippen molar-refractivity contribution in [2.75, 3.05) is 0 Å². The van der Waals surface area contributed by atoms with Crippen molar-refractivity contribution in [3.05, 3.63) is 35.6 Å². The van der Waals surface area contributed by atoms with Gasteiger partial charge in [-0.15, -0.1) is 0 Å². The third-order valence-electron chi connectivity index (χ3n) is 3.77. The molecule has 3 atom stereocenters. The topological polar surface area (TPSA) is 46.2 Å². The molecule has 4 heteroatoms. The highest BCUT2D eigenvalue weighted by Gasteiger charge is 2.45. The van der Waals surface area contributed by atoms with E-state index in [0.717, 1.165) is 11.8 Å². The molecule has 1 fully saturated rings. The summed E-state index contributed by atoms with van der Waals surface area (Å²) in [5, 5.41) is 2.78. The number of carbonyl (C=O) groups is 2. The van der Waals surface area contributed by atoms with Gasteiger partial charge in [0.1, 0.15) is 12.1 Å². The Hall–Kier alpha value is -1.71. The molecule has 0 bridgehead atoms. The maximum atomic E-state index is 13.2. The van der Waals surface area contributed by atoms with Crippen molar-refractivity contribution in [1.82, 2.24) is 5.32 Å². The van der Waals surface area contributed by atoms with Crippen LogP contribution in [0.4, 0.5) is 4.39 Å². The third-order valence-corrected chi connectivity index (χ3v) is 3.77. The minimum atomic E-state index is -0.497. The summed E-state index contributed by atoms with van der Waals surface area (Å²) in [5.41, 5.74) is 0.546. The minimum Gasteiger partial charge on any atom is -0.346 e. The van der Waals surface area contributed by atoms with Crippen LogP contribution in [0.15, 0.2) is 24.3 Å². The first kappa shape index (κ1) is 14.7. The molecule has 0 saturated heterocycles. The molecule has 1 unspecified atom stereocenters. The monoisotopic (exact) mass is 277 g/mol. The van der Waals surface area contributed by atoms with Gasteiger partial charge in [0.15, 0.2) is 0 Å². The van der Waals surface area contributed by atoms with E-state index in [2.05, 4.69) is 5.32 Å². The SMILES string of the molecule is CC(C)(C)[C@@H](C=O)NC(=O)[C@@H]1CC1c1cccc(F)c1. The van der Waals surface area contributed by atoms with Crippen LogP contribution in [-0.4, -0.2) is 18.2 Å². The van der Waals surface area contributed by atoms with Gasteiger partial charge in [0.05, 0.1) is 6.04 Å². The first-order valence-corrected chi connectivity index (χ1v) is 6.84. The van der Waals surface area contributed by atoms with Gasteiger partial charge in [-0.05, 0) is 35.4 Å². The largest absolute Gasteiger partial charge is 0.346 e. The van der Waals surface area contributed by atoms with Crippen LogP contribution in [0, 0.1) is 17.2 Å². The van der Waals surface area contributed by atoms with Crippen molar-refractivity contribution in [3.8, 4) is 0 Å². The maximum Gasteiger partial charge on any atom is 0.224 e. The van der Waals surface area contributed by atoms with Gasteiger partial charge < -0.3 is 10.1 Å². The molecule has 1 aliphatic carbocycles. The Labute approximate surface area is 118 Å². The molecule has 108 valence electrons.